The summed E-state index contributed by atoms with van der Waals surface area (Å²) in [5.41, 5.74) is 2.96. The van der Waals surface area contributed by atoms with Crippen LogP contribution in [0.5, 0.6) is 0 Å². The number of aromatic nitrogens is 3. The number of nitrogens with zero attached hydrogens (tertiary/aromatic N) is 3. The van der Waals surface area contributed by atoms with E-state index in [9.17, 15) is 9.59 Å². The Morgan fingerprint density at radius 2 is 2.13 bits per heavy atom. The number of hydrogen-bond acceptors (Lipinski definition) is 6. The number of ether oxygens (including phenoxy) is 1. The van der Waals surface area contributed by atoms with Crippen molar-refractivity contribution in [2.45, 2.75) is 64.1 Å². The van der Waals surface area contributed by atoms with E-state index in [2.05, 4.69) is 28.0 Å². The largest absolute Gasteiger partial charge is 0.450 e. The first-order valence-corrected chi connectivity index (χ1v) is 11.1. The monoisotopic (exact) mass is 426 g/mol. The minimum absolute atomic E-state index is 0.0282. The lowest BCUT2D eigenvalue weighted by Crippen LogP contribution is -2.48. The Morgan fingerprint density at radius 3 is 2.87 bits per heavy atom. The van der Waals surface area contributed by atoms with Gasteiger partial charge in [-0.15, -0.1) is 0 Å². The molecule has 166 valence electrons. The second-order valence-electron chi connectivity index (χ2n) is 8.25. The fourth-order valence-electron chi connectivity index (χ4n) is 4.25. The summed E-state index contributed by atoms with van der Waals surface area (Å²) in [5, 5.41) is 13.7. The van der Waals surface area contributed by atoms with Crippen LogP contribution in [0, 0.1) is 0 Å². The van der Waals surface area contributed by atoms with Gasteiger partial charge in [0.2, 0.25) is 0 Å². The molecule has 0 aromatic carbocycles. The highest BCUT2D eigenvalue weighted by atomic mass is 16.5. The van der Waals surface area contributed by atoms with Crippen LogP contribution in [0.25, 0.3) is 11.3 Å². The van der Waals surface area contributed by atoms with Crippen molar-refractivity contribution in [3.05, 3.63) is 29.6 Å². The molecule has 9 heteroatoms. The molecule has 3 N–H and O–H groups in total. The molecule has 0 bridgehead atoms. The second-order valence-corrected chi connectivity index (χ2v) is 8.25. The first-order valence-electron chi connectivity index (χ1n) is 11.1. The summed E-state index contributed by atoms with van der Waals surface area (Å²) in [6, 6.07) is 1.95. The van der Waals surface area contributed by atoms with Crippen molar-refractivity contribution in [3.63, 3.8) is 0 Å². The highest BCUT2D eigenvalue weighted by Crippen LogP contribution is 2.31. The number of pyridine rings is 1. The molecule has 4 rings (SSSR count). The molecule has 0 saturated heterocycles. The fraction of sp³-hybridized carbons (Fsp3) is 0.545. The van der Waals surface area contributed by atoms with E-state index in [1.165, 1.54) is 0 Å². The van der Waals surface area contributed by atoms with Crippen molar-refractivity contribution in [1.29, 1.82) is 0 Å². The van der Waals surface area contributed by atoms with Crippen LogP contribution in [0.15, 0.2) is 18.5 Å². The molecule has 2 aliphatic rings. The zero-order valence-electron chi connectivity index (χ0n) is 18.1. The average Bonchev–Trinajstić information content (AvgIpc) is 3.35. The van der Waals surface area contributed by atoms with Gasteiger partial charge in [0, 0.05) is 31.4 Å². The van der Waals surface area contributed by atoms with Gasteiger partial charge in [0.25, 0.3) is 5.91 Å². The van der Waals surface area contributed by atoms with E-state index in [1.807, 2.05) is 19.3 Å². The summed E-state index contributed by atoms with van der Waals surface area (Å²) in [7, 11) is 1.84. The molecule has 2 amide bonds. The van der Waals surface area contributed by atoms with Gasteiger partial charge in [-0.1, -0.05) is 26.2 Å². The van der Waals surface area contributed by atoms with E-state index in [1.54, 1.807) is 10.9 Å². The molecule has 1 fully saturated rings. The molecule has 0 unspecified atom stereocenters. The Bertz CT molecular complexity index is 957. The van der Waals surface area contributed by atoms with Crippen molar-refractivity contribution in [2.75, 3.05) is 11.9 Å². The molecule has 2 aromatic rings. The maximum atomic E-state index is 12.4. The lowest BCUT2D eigenvalue weighted by atomic mass is 9.90. The molecule has 2 aromatic heterocycles. The highest BCUT2D eigenvalue weighted by Gasteiger charge is 2.30. The van der Waals surface area contributed by atoms with Crippen molar-refractivity contribution < 1.29 is 14.3 Å². The van der Waals surface area contributed by atoms with Crippen LogP contribution < -0.4 is 16.0 Å². The molecule has 1 saturated carbocycles. The number of fused-ring (bicyclic) bond motifs is 1. The quantitative estimate of drug-likeness (QED) is 0.587. The molecule has 3 heterocycles. The number of anilines is 1. The number of nitrogens with one attached hydrogen (secondary N) is 3. The summed E-state index contributed by atoms with van der Waals surface area (Å²) in [5.74, 6) is 0.590. The van der Waals surface area contributed by atoms with Crippen LogP contribution in [-0.4, -0.2) is 45.5 Å². The van der Waals surface area contributed by atoms with E-state index in [-0.39, 0.29) is 24.1 Å². The minimum Gasteiger partial charge on any atom is -0.450 e. The van der Waals surface area contributed by atoms with Gasteiger partial charge >= 0.3 is 6.09 Å². The van der Waals surface area contributed by atoms with E-state index in [4.69, 9.17) is 9.72 Å². The number of unbranched alkanes of at least 4 members (excludes halogenated alkanes) is 1. The standard InChI is InChI=1S/C22H30N6O3/c1-3-4-9-31-22(30)26-17-8-6-5-7-16(17)25-18-10-14-11-23-21(29)19(14)20(27-18)15-12-24-28(2)13-15/h10,12-13,16-17H,3-9,11H2,1-2H3,(H,23,29)(H,25,27)(H,26,30)/t16-,17+/m1/s1. The molecule has 2 atom stereocenters. The average molecular weight is 427 g/mol. The van der Waals surface area contributed by atoms with Gasteiger partial charge in [0.15, 0.2) is 0 Å². The number of rotatable bonds is 7. The predicted molar refractivity (Wildman–Crippen MR) is 117 cm³/mol. The van der Waals surface area contributed by atoms with E-state index in [0.717, 1.165) is 49.7 Å². The summed E-state index contributed by atoms with van der Waals surface area (Å²) >= 11 is 0. The minimum atomic E-state index is -0.361. The zero-order chi connectivity index (χ0) is 21.8. The number of alkyl carbamates (subject to hydrolysis) is 1. The van der Waals surface area contributed by atoms with Crippen LogP contribution in [0.1, 0.15) is 61.4 Å². The van der Waals surface area contributed by atoms with Crippen molar-refractivity contribution >= 4 is 17.8 Å². The van der Waals surface area contributed by atoms with Crippen LogP contribution >= 0.6 is 0 Å². The predicted octanol–water partition coefficient (Wildman–Crippen LogP) is 2.97. The number of amides is 2. The molecule has 31 heavy (non-hydrogen) atoms. The third kappa shape index (κ3) is 4.81. The van der Waals surface area contributed by atoms with Gasteiger partial charge in [0.1, 0.15) is 5.82 Å². The van der Waals surface area contributed by atoms with E-state index >= 15 is 0 Å². The molecule has 0 spiro atoms. The van der Waals surface area contributed by atoms with E-state index in [0.29, 0.717) is 30.2 Å². The Hall–Kier alpha value is -3.10. The fourth-order valence-corrected chi connectivity index (χ4v) is 4.25. The smallest absolute Gasteiger partial charge is 0.407 e. The van der Waals surface area contributed by atoms with Crippen molar-refractivity contribution in [2.24, 2.45) is 7.05 Å². The molecule has 9 nitrogen and oxygen atoms in total. The third-order valence-electron chi connectivity index (χ3n) is 5.88. The lowest BCUT2D eigenvalue weighted by Gasteiger charge is -2.33. The SMILES string of the molecule is CCCCOC(=O)N[C@H]1CCCC[C@H]1Nc1cc2c(c(-c3cnn(C)c3)n1)C(=O)NC2. The summed E-state index contributed by atoms with van der Waals surface area (Å²) in [6.07, 6.45) is 9.03. The molecule has 0 radical (unpaired) electrons. The second kappa shape index (κ2) is 9.36. The van der Waals surface area contributed by atoms with Crippen molar-refractivity contribution in [1.82, 2.24) is 25.4 Å². The van der Waals surface area contributed by atoms with Gasteiger partial charge in [-0.2, -0.15) is 5.10 Å². The van der Waals surface area contributed by atoms with Crippen LogP contribution in [0.4, 0.5) is 10.6 Å². The van der Waals surface area contributed by atoms with Gasteiger partial charge in [-0.3, -0.25) is 9.48 Å². The number of carbonyl (C=O) groups is 2. The maximum absolute atomic E-state index is 12.4. The normalized spacial score (nSPS) is 20.1. The number of hydrogen-bond donors (Lipinski definition) is 3. The molecular weight excluding hydrogens is 396 g/mol. The van der Waals surface area contributed by atoms with Crippen molar-refractivity contribution in [3.8, 4) is 11.3 Å². The summed E-state index contributed by atoms with van der Waals surface area (Å²) < 4.78 is 6.98. The van der Waals surface area contributed by atoms with Crippen LogP contribution in [0.2, 0.25) is 0 Å². The van der Waals surface area contributed by atoms with Gasteiger partial charge < -0.3 is 20.7 Å². The maximum Gasteiger partial charge on any atom is 0.407 e. The highest BCUT2D eigenvalue weighted by molar-refractivity contribution is 6.04. The van der Waals surface area contributed by atoms with Gasteiger partial charge in [0.05, 0.1) is 30.1 Å². The topological polar surface area (TPSA) is 110 Å². The van der Waals surface area contributed by atoms with E-state index < -0.39 is 0 Å². The molecule has 1 aliphatic carbocycles. The Balaban J connectivity index is 1.53. The first-order chi connectivity index (χ1) is 15.0. The Kier molecular flexibility index (Phi) is 6.39. The molecule has 1 aliphatic heterocycles. The Labute approximate surface area is 181 Å². The summed E-state index contributed by atoms with van der Waals surface area (Å²) in [6.45, 7) is 2.98. The van der Waals surface area contributed by atoms with Crippen LogP contribution in [0.3, 0.4) is 0 Å². The van der Waals surface area contributed by atoms with Gasteiger partial charge in [-0.05, 0) is 30.9 Å². The Morgan fingerprint density at radius 1 is 1.32 bits per heavy atom. The number of carbonyl (C=O) groups excluding carboxylic acids is 2. The first kappa shape index (κ1) is 21.1. The van der Waals surface area contributed by atoms with Gasteiger partial charge in [-0.25, -0.2) is 9.78 Å². The lowest BCUT2D eigenvalue weighted by molar-refractivity contribution is 0.0966. The summed E-state index contributed by atoms with van der Waals surface area (Å²) in [4.78, 5) is 29.3. The number of aryl methyl sites for hydroxylation is 1. The third-order valence-corrected chi connectivity index (χ3v) is 5.88. The molecular formula is C22H30N6O3. The zero-order valence-corrected chi connectivity index (χ0v) is 18.1. The van der Waals surface area contributed by atoms with Crippen LogP contribution in [-0.2, 0) is 18.3 Å².